The summed E-state index contributed by atoms with van der Waals surface area (Å²) in [7, 11) is -2.10. The van der Waals surface area contributed by atoms with Crippen LogP contribution in [0.15, 0.2) is 47.4 Å². The summed E-state index contributed by atoms with van der Waals surface area (Å²) in [6.07, 6.45) is 0. The number of ether oxygens (including phenoxy) is 2. The Kier molecular flexibility index (Phi) is 4.05. The predicted octanol–water partition coefficient (Wildman–Crippen LogP) is 3.19. The Morgan fingerprint density at radius 3 is 2.42 bits per heavy atom. The van der Waals surface area contributed by atoms with Gasteiger partial charge in [0, 0.05) is 5.56 Å². The Morgan fingerprint density at radius 2 is 1.79 bits per heavy atom. The highest BCUT2D eigenvalue weighted by Gasteiger charge is 2.44. The van der Waals surface area contributed by atoms with Gasteiger partial charge in [-0.15, -0.1) is 0 Å². The number of nitrogens with one attached hydrogen (secondary N) is 1. The standard InChI is InChI=1S/C18H21NO4S/c1-12-8-10-13(11-9-12)24(20,21)19-17-14-6-5-7-15(22-4)16(14)23-18(17,2)3/h5-11,17,19H,1-4H3. The largest absolute Gasteiger partial charge is 0.493 e. The number of para-hydroxylation sites is 1. The van der Waals surface area contributed by atoms with Crippen LogP contribution in [0.1, 0.15) is 31.0 Å². The topological polar surface area (TPSA) is 64.6 Å². The van der Waals surface area contributed by atoms with E-state index >= 15 is 0 Å². The molecular weight excluding hydrogens is 326 g/mol. The fraction of sp³-hybridized carbons (Fsp3) is 0.333. The summed E-state index contributed by atoms with van der Waals surface area (Å²) in [6.45, 7) is 5.63. The summed E-state index contributed by atoms with van der Waals surface area (Å²) >= 11 is 0. The van der Waals surface area contributed by atoms with Crippen molar-refractivity contribution in [2.75, 3.05) is 7.11 Å². The van der Waals surface area contributed by atoms with E-state index in [4.69, 9.17) is 9.47 Å². The Labute approximate surface area is 142 Å². The molecule has 0 aromatic heterocycles. The first-order valence-corrected chi connectivity index (χ1v) is 9.18. The van der Waals surface area contributed by atoms with E-state index in [9.17, 15) is 8.42 Å². The molecule has 1 atom stereocenters. The second-order valence-corrected chi connectivity index (χ2v) is 8.17. The van der Waals surface area contributed by atoms with Gasteiger partial charge in [0.25, 0.3) is 0 Å². The van der Waals surface area contributed by atoms with Gasteiger partial charge in [0.05, 0.1) is 18.0 Å². The molecule has 1 heterocycles. The van der Waals surface area contributed by atoms with E-state index in [1.165, 1.54) is 0 Å². The maximum Gasteiger partial charge on any atom is 0.241 e. The average Bonchev–Trinajstić information content (AvgIpc) is 2.78. The van der Waals surface area contributed by atoms with Crippen LogP contribution < -0.4 is 14.2 Å². The van der Waals surface area contributed by atoms with Crippen LogP contribution in [0.4, 0.5) is 0 Å². The van der Waals surface area contributed by atoms with Gasteiger partial charge in [0.2, 0.25) is 10.0 Å². The molecule has 1 aliphatic rings. The van der Waals surface area contributed by atoms with Gasteiger partial charge in [-0.05, 0) is 39.0 Å². The van der Waals surface area contributed by atoms with Crippen LogP contribution in [0.25, 0.3) is 0 Å². The Bertz CT molecular complexity index is 857. The van der Waals surface area contributed by atoms with E-state index < -0.39 is 21.7 Å². The van der Waals surface area contributed by atoms with Crippen molar-refractivity contribution in [3.05, 3.63) is 53.6 Å². The van der Waals surface area contributed by atoms with Gasteiger partial charge >= 0.3 is 0 Å². The van der Waals surface area contributed by atoms with E-state index in [1.54, 1.807) is 37.4 Å². The third kappa shape index (κ3) is 2.87. The summed E-state index contributed by atoms with van der Waals surface area (Å²) in [5.74, 6) is 1.18. The molecule has 2 aromatic carbocycles. The molecule has 1 N–H and O–H groups in total. The highest BCUT2D eigenvalue weighted by Crippen LogP contribution is 2.48. The van der Waals surface area contributed by atoms with Crippen molar-refractivity contribution >= 4 is 10.0 Å². The van der Waals surface area contributed by atoms with Crippen molar-refractivity contribution in [1.82, 2.24) is 4.72 Å². The second-order valence-electron chi connectivity index (χ2n) is 6.45. The summed E-state index contributed by atoms with van der Waals surface area (Å²) < 4.78 is 39.6. The van der Waals surface area contributed by atoms with Crippen molar-refractivity contribution in [3.8, 4) is 11.5 Å². The minimum atomic E-state index is -3.66. The monoisotopic (exact) mass is 347 g/mol. The van der Waals surface area contributed by atoms with Crippen LogP contribution in [-0.4, -0.2) is 21.1 Å². The van der Waals surface area contributed by atoms with Crippen LogP contribution in [-0.2, 0) is 10.0 Å². The minimum absolute atomic E-state index is 0.236. The molecule has 24 heavy (non-hydrogen) atoms. The average molecular weight is 347 g/mol. The number of rotatable bonds is 4. The lowest BCUT2D eigenvalue weighted by Crippen LogP contribution is -2.41. The van der Waals surface area contributed by atoms with Crippen molar-refractivity contribution in [2.45, 2.75) is 37.3 Å². The smallest absolute Gasteiger partial charge is 0.241 e. The Morgan fingerprint density at radius 1 is 1.12 bits per heavy atom. The first-order valence-electron chi connectivity index (χ1n) is 7.69. The van der Waals surface area contributed by atoms with Crippen LogP contribution >= 0.6 is 0 Å². The van der Waals surface area contributed by atoms with Gasteiger partial charge in [-0.2, -0.15) is 4.72 Å². The normalized spacial score (nSPS) is 18.8. The lowest BCUT2D eigenvalue weighted by Gasteiger charge is -2.27. The molecule has 0 aliphatic carbocycles. The zero-order valence-electron chi connectivity index (χ0n) is 14.2. The number of fused-ring (bicyclic) bond motifs is 1. The molecule has 128 valence electrons. The zero-order valence-corrected chi connectivity index (χ0v) is 15.0. The van der Waals surface area contributed by atoms with Crippen LogP contribution in [0.5, 0.6) is 11.5 Å². The number of hydrogen-bond donors (Lipinski definition) is 1. The van der Waals surface area contributed by atoms with Gasteiger partial charge < -0.3 is 9.47 Å². The fourth-order valence-corrected chi connectivity index (χ4v) is 4.22. The number of sulfonamides is 1. The molecule has 0 spiro atoms. The number of methoxy groups -OCH3 is 1. The summed E-state index contributed by atoms with van der Waals surface area (Å²) in [6, 6.07) is 11.7. The molecular formula is C18H21NO4S. The maximum atomic E-state index is 12.8. The molecule has 0 saturated heterocycles. The molecule has 0 bridgehead atoms. The summed E-state index contributed by atoms with van der Waals surface area (Å²) in [5, 5.41) is 0. The number of benzene rings is 2. The highest BCUT2D eigenvalue weighted by atomic mass is 32.2. The van der Waals surface area contributed by atoms with Gasteiger partial charge in [-0.3, -0.25) is 0 Å². The van der Waals surface area contributed by atoms with E-state index in [0.717, 1.165) is 11.1 Å². The number of hydrogen-bond acceptors (Lipinski definition) is 4. The van der Waals surface area contributed by atoms with Crippen LogP contribution in [0.2, 0.25) is 0 Å². The SMILES string of the molecule is COc1cccc2c1OC(C)(C)C2NS(=O)(=O)c1ccc(C)cc1. The van der Waals surface area contributed by atoms with Gasteiger partial charge in [0.1, 0.15) is 5.60 Å². The Balaban J connectivity index is 1.99. The Hall–Kier alpha value is -2.05. The molecule has 0 saturated carbocycles. The number of aryl methyl sites for hydroxylation is 1. The molecule has 1 unspecified atom stereocenters. The zero-order chi connectivity index (χ0) is 17.5. The summed E-state index contributed by atoms with van der Waals surface area (Å²) in [5.41, 5.74) is 1.05. The van der Waals surface area contributed by atoms with Crippen molar-refractivity contribution in [2.24, 2.45) is 0 Å². The summed E-state index contributed by atoms with van der Waals surface area (Å²) in [4.78, 5) is 0.236. The van der Waals surface area contributed by atoms with E-state index in [1.807, 2.05) is 32.9 Å². The van der Waals surface area contributed by atoms with Gasteiger partial charge in [-0.1, -0.05) is 29.8 Å². The third-order valence-corrected chi connectivity index (χ3v) is 5.64. The third-order valence-electron chi connectivity index (χ3n) is 4.20. The van der Waals surface area contributed by atoms with Gasteiger partial charge in [-0.25, -0.2) is 8.42 Å². The predicted molar refractivity (Wildman–Crippen MR) is 91.9 cm³/mol. The van der Waals surface area contributed by atoms with Crippen molar-refractivity contribution in [3.63, 3.8) is 0 Å². The molecule has 1 aliphatic heterocycles. The first-order chi connectivity index (χ1) is 11.2. The van der Waals surface area contributed by atoms with E-state index in [-0.39, 0.29) is 4.90 Å². The molecule has 0 fully saturated rings. The maximum absolute atomic E-state index is 12.8. The molecule has 5 nitrogen and oxygen atoms in total. The quantitative estimate of drug-likeness (QED) is 0.922. The second kappa shape index (κ2) is 5.79. The van der Waals surface area contributed by atoms with Gasteiger partial charge in [0.15, 0.2) is 11.5 Å². The molecule has 6 heteroatoms. The highest BCUT2D eigenvalue weighted by molar-refractivity contribution is 7.89. The first kappa shape index (κ1) is 16.8. The lowest BCUT2D eigenvalue weighted by molar-refractivity contribution is 0.102. The molecule has 3 rings (SSSR count). The molecule has 2 aromatic rings. The van der Waals surface area contributed by atoms with Crippen molar-refractivity contribution < 1.29 is 17.9 Å². The van der Waals surface area contributed by atoms with Crippen LogP contribution in [0, 0.1) is 6.92 Å². The van der Waals surface area contributed by atoms with E-state index in [2.05, 4.69) is 4.72 Å². The minimum Gasteiger partial charge on any atom is -0.493 e. The lowest BCUT2D eigenvalue weighted by atomic mass is 9.95. The fourth-order valence-electron chi connectivity index (χ4n) is 2.87. The van der Waals surface area contributed by atoms with Crippen LogP contribution in [0.3, 0.4) is 0 Å². The molecule has 0 amide bonds. The molecule has 0 radical (unpaired) electrons. The van der Waals surface area contributed by atoms with E-state index in [0.29, 0.717) is 11.5 Å². The van der Waals surface area contributed by atoms with Crippen molar-refractivity contribution in [1.29, 1.82) is 0 Å².